The van der Waals surface area contributed by atoms with E-state index >= 15 is 0 Å². The second-order valence-corrected chi connectivity index (χ2v) is 6.85. The predicted molar refractivity (Wildman–Crippen MR) is 89.0 cm³/mol. The molecule has 0 unspecified atom stereocenters. The zero-order valence-electron chi connectivity index (χ0n) is 14.2. The van der Waals surface area contributed by atoms with Crippen LogP contribution in [0.1, 0.15) is 38.8 Å². The van der Waals surface area contributed by atoms with Gasteiger partial charge in [-0.1, -0.05) is 12.1 Å². The van der Waals surface area contributed by atoms with Gasteiger partial charge in [-0.05, 0) is 50.9 Å². The third kappa shape index (κ3) is 3.60. The van der Waals surface area contributed by atoms with Crippen molar-refractivity contribution < 1.29 is 22.5 Å². The van der Waals surface area contributed by atoms with Crippen LogP contribution in [-0.4, -0.2) is 24.9 Å². The molecular weight excluding hydrogens is 320 g/mol. The standard InChI is InChI=1S/C16H22BF3N2O2/c1-14(2)15(3,4)24-17(23-14)12(9-21)7-10-5-6-11(8-13(10)22)16(18,19)20/h5-8H,9,21-22H2,1-4H3. The molecule has 24 heavy (non-hydrogen) atoms. The molecule has 0 amide bonds. The molecule has 1 fully saturated rings. The number of hydrogen-bond donors (Lipinski definition) is 2. The van der Waals surface area contributed by atoms with Gasteiger partial charge >= 0.3 is 13.3 Å². The number of nitrogens with two attached hydrogens (primary N) is 2. The first-order valence-corrected chi connectivity index (χ1v) is 7.60. The van der Waals surface area contributed by atoms with Gasteiger partial charge in [-0.3, -0.25) is 0 Å². The first-order chi connectivity index (χ1) is 10.9. The van der Waals surface area contributed by atoms with Crippen LogP contribution in [0.3, 0.4) is 0 Å². The van der Waals surface area contributed by atoms with Crippen LogP contribution >= 0.6 is 0 Å². The van der Waals surface area contributed by atoms with Crippen molar-refractivity contribution in [3.63, 3.8) is 0 Å². The van der Waals surface area contributed by atoms with E-state index in [-0.39, 0.29) is 12.2 Å². The Labute approximate surface area is 140 Å². The van der Waals surface area contributed by atoms with Gasteiger partial charge in [0.15, 0.2) is 0 Å². The minimum absolute atomic E-state index is 0.0206. The minimum Gasteiger partial charge on any atom is -0.400 e. The molecule has 0 bridgehead atoms. The second kappa shape index (κ2) is 6.09. The van der Waals surface area contributed by atoms with E-state index < -0.39 is 30.1 Å². The lowest BCUT2D eigenvalue weighted by Crippen LogP contribution is -2.41. The van der Waals surface area contributed by atoms with Gasteiger partial charge in [0.05, 0.1) is 16.8 Å². The van der Waals surface area contributed by atoms with Crippen LogP contribution in [0.5, 0.6) is 0 Å². The van der Waals surface area contributed by atoms with E-state index in [4.69, 9.17) is 20.8 Å². The van der Waals surface area contributed by atoms with Crippen LogP contribution in [0, 0.1) is 0 Å². The average Bonchev–Trinajstić information content (AvgIpc) is 2.64. The Hall–Kier alpha value is -1.51. The fourth-order valence-corrected chi connectivity index (χ4v) is 2.30. The molecule has 132 valence electrons. The first kappa shape index (κ1) is 18.8. The Morgan fingerprint density at radius 1 is 1.17 bits per heavy atom. The van der Waals surface area contributed by atoms with E-state index in [9.17, 15) is 13.2 Å². The summed E-state index contributed by atoms with van der Waals surface area (Å²) in [6.07, 6.45) is -2.81. The first-order valence-electron chi connectivity index (χ1n) is 7.60. The number of halogens is 3. The summed E-state index contributed by atoms with van der Waals surface area (Å²) in [4.78, 5) is 0. The van der Waals surface area contributed by atoms with Crippen LogP contribution in [0.2, 0.25) is 0 Å². The van der Waals surface area contributed by atoms with E-state index in [1.54, 1.807) is 6.08 Å². The molecule has 1 aromatic carbocycles. The monoisotopic (exact) mass is 342 g/mol. The van der Waals surface area contributed by atoms with Gasteiger partial charge in [0.25, 0.3) is 0 Å². The third-order valence-corrected chi connectivity index (χ3v) is 4.55. The third-order valence-electron chi connectivity index (χ3n) is 4.55. The SMILES string of the molecule is CC1(C)OB(C(=Cc2ccc(C(F)(F)F)cc2N)CN)OC1(C)C. The number of nitrogen functional groups attached to an aromatic ring is 1. The van der Waals surface area contributed by atoms with Crippen LogP contribution in [-0.2, 0) is 15.5 Å². The van der Waals surface area contributed by atoms with Crippen molar-refractivity contribution in [2.45, 2.75) is 45.1 Å². The summed E-state index contributed by atoms with van der Waals surface area (Å²) in [7, 11) is -0.665. The molecule has 0 atom stereocenters. The van der Waals surface area contributed by atoms with Gasteiger partial charge in [0.1, 0.15) is 0 Å². The average molecular weight is 342 g/mol. The molecule has 4 nitrogen and oxygen atoms in total. The van der Waals surface area contributed by atoms with Crippen LogP contribution in [0.25, 0.3) is 6.08 Å². The normalized spacial score (nSPS) is 20.5. The van der Waals surface area contributed by atoms with Crippen LogP contribution in [0.4, 0.5) is 18.9 Å². The fraction of sp³-hybridized carbons (Fsp3) is 0.500. The summed E-state index contributed by atoms with van der Waals surface area (Å²) < 4.78 is 50.0. The maximum atomic E-state index is 12.7. The molecule has 1 aliphatic heterocycles. The number of hydrogen-bond acceptors (Lipinski definition) is 4. The summed E-state index contributed by atoms with van der Waals surface area (Å²) in [5.74, 6) is 0. The molecule has 8 heteroatoms. The Bertz CT molecular complexity index is 641. The Morgan fingerprint density at radius 2 is 1.71 bits per heavy atom. The number of anilines is 1. The smallest absolute Gasteiger partial charge is 0.400 e. The van der Waals surface area contributed by atoms with Crippen molar-refractivity contribution in [1.82, 2.24) is 0 Å². The van der Waals surface area contributed by atoms with E-state index in [2.05, 4.69) is 0 Å². The Kier molecular flexibility index (Phi) is 4.78. The van der Waals surface area contributed by atoms with Crippen LogP contribution in [0.15, 0.2) is 23.7 Å². The summed E-state index contributed by atoms with van der Waals surface area (Å²) in [6, 6.07) is 3.21. The van der Waals surface area contributed by atoms with Crippen molar-refractivity contribution in [2.24, 2.45) is 5.73 Å². The Morgan fingerprint density at radius 3 is 2.12 bits per heavy atom. The topological polar surface area (TPSA) is 70.5 Å². The Balaban J connectivity index is 2.32. The molecule has 1 heterocycles. The van der Waals surface area contributed by atoms with Gasteiger partial charge in [0.2, 0.25) is 0 Å². The molecule has 1 saturated heterocycles. The maximum absolute atomic E-state index is 12.7. The van der Waals surface area contributed by atoms with Crippen molar-refractivity contribution >= 4 is 18.9 Å². The maximum Gasteiger partial charge on any atom is 0.491 e. The minimum atomic E-state index is -4.43. The lowest BCUT2D eigenvalue weighted by molar-refractivity contribution is -0.137. The molecule has 0 aliphatic carbocycles. The highest BCUT2D eigenvalue weighted by molar-refractivity contribution is 6.56. The largest absolute Gasteiger partial charge is 0.491 e. The predicted octanol–water partition coefficient (Wildman–Crippen LogP) is 3.26. The van der Waals surface area contributed by atoms with Crippen molar-refractivity contribution in [3.8, 4) is 0 Å². The highest BCUT2D eigenvalue weighted by Gasteiger charge is 2.52. The summed E-state index contributed by atoms with van der Waals surface area (Å²) in [5, 5.41) is 0. The number of alkyl halides is 3. The molecule has 0 aromatic heterocycles. The van der Waals surface area contributed by atoms with Gasteiger partial charge in [-0.25, -0.2) is 0 Å². The highest BCUT2D eigenvalue weighted by Crippen LogP contribution is 2.39. The fourth-order valence-electron chi connectivity index (χ4n) is 2.30. The van der Waals surface area contributed by atoms with Crippen LogP contribution < -0.4 is 11.5 Å². The molecule has 1 aliphatic rings. The molecular formula is C16H22BF3N2O2. The molecule has 0 spiro atoms. The van der Waals surface area contributed by atoms with Crippen molar-refractivity contribution in [3.05, 3.63) is 34.8 Å². The summed E-state index contributed by atoms with van der Waals surface area (Å²) in [5.41, 5.74) is 10.8. The number of rotatable bonds is 3. The van der Waals surface area contributed by atoms with Gasteiger partial charge in [-0.15, -0.1) is 0 Å². The van der Waals surface area contributed by atoms with Crippen molar-refractivity contribution in [1.29, 1.82) is 0 Å². The summed E-state index contributed by atoms with van der Waals surface area (Å²) in [6.45, 7) is 7.78. The number of benzene rings is 1. The molecule has 0 saturated carbocycles. The van der Waals surface area contributed by atoms with Gasteiger partial charge in [-0.2, -0.15) is 13.2 Å². The van der Waals surface area contributed by atoms with Gasteiger partial charge in [0, 0.05) is 12.2 Å². The van der Waals surface area contributed by atoms with Crippen molar-refractivity contribution in [2.75, 3.05) is 12.3 Å². The zero-order valence-corrected chi connectivity index (χ0v) is 14.2. The lowest BCUT2D eigenvalue weighted by Gasteiger charge is -2.32. The summed E-state index contributed by atoms with van der Waals surface area (Å²) >= 11 is 0. The molecule has 1 aromatic rings. The van der Waals surface area contributed by atoms with E-state index in [0.29, 0.717) is 11.0 Å². The van der Waals surface area contributed by atoms with E-state index in [1.165, 1.54) is 6.07 Å². The quantitative estimate of drug-likeness (QED) is 0.653. The molecule has 4 N–H and O–H groups in total. The van der Waals surface area contributed by atoms with E-state index in [1.807, 2.05) is 27.7 Å². The lowest BCUT2D eigenvalue weighted by atomic mass is 9.77. The van der Waals surface area contributed by atoms with Gasteiger partial charge < -0.3 is 20.8 Å². The highest BCUT2D eigenvalue weighted by atomic mass is 19.4. The van der Waals surface area contributed by atoms with E-state index in [0.717, 1.165) is 12.1 Å². The molecule has 2 rings (SSSR count). The zero-order chi connectivity index (χ0) is 18.3. The second-order valence-electron chi connectivity index (χ2n) is 6.85. The molecule has 0 radical (unpaired) electrons.